The first-order valence-corrected chi connectivity index (χ1v) is 6.16. The average Bonchev–Trinajstić information content (AvgIpc) is 2.82. The predicted molar refractivity (Wildman–Crippen MR) is 66.6 cm³/mol. The molecule has 2 rings (SSSR count). The minimum absolute atomic E-state index is 0.181. The fourth-order valence-electron chi connectivity index (χ4n) is 1.46. The van der Waals surface area contributed by atoms with Crippen LogP contribution in [0.5, 0.6) is 0 Å². The summed E-state index contributed by atoms with van der Waals surface area (Å²) in [6, 6.07) is 6.32. The van der Waals surface area contributed by atoms with Crippen molar-refractivity contribution in [1.82, 2.24) is 5.32 Å². The Bertz CT molecular complexity index is 522. The first-order valence-electron chi connectivity index (χ1n) is 5.22. The molecule has 0 aliphatic carbocycles. The van der Waals surface area contributed by atoms with E-state index < -0.39 is 0 Å². The summed E-state index contributed by atoms with van der Waals surface area (Å²) in [4.78, 5) is 11.8. The molecule has 4 heteroatoms. The molecule has 1 amide bonds. The van der Waals surface area contributed by atoms with Crippen LogP contribution < -0.4 is 5.32 Å². The third-order valence-electron chi connectivity index (χ3n) is 2.45. The molecule has 2 aromatic rings. The Balaban J connectivity index is 2.02. The highest BCUT2D eigenvalue weighted by atomic mass is 32.1. The van der Waals surface area contributed by atoms with Gasteiger partial charge in [-0.3, -0.25) is 4.79 Å². The van der Waals surface area contributed by atoms with E-state index in [1.54, 1.807) is 24.3 Å². The normalized spacial score (nSPS) is 10.2. The third-order valence-corrected chi connectivity index (χ3v) is 3.19. The Hall–Kier alpha value is -1.68. The van der Waals surface area contributed by atoms with E-state index in [1.165, 1.54) is 12.1 Å². The number of amides is 1. The number of hydrogen-bond donors (Lipinski definition) is 1. The fraction of sp³-hybridized carbons (Fsp3) is 0.154. The molecular formula is C13H12FNOS. The van der Waals surface area contributed by atoms with Gasteiger partial charge >= 0.3 is 0 Å². The van der Waals surface area contributed by atoms with Crippen LogP contribution in [0.4, 0.5) is 4.39 Å². The number of aryl methyl sites for hydroxylation is 1. The van der Waals surface area contributed by atoms with Gasteiger partial charge in [-0.25, -0.2) is 4.39 Å². The van der Waals surface area contributed by atoms with E-state index in [4.69, 9.17) is 0 Å². The molecule has 0 saturated heterocycles. The number of halogens is 1. The SMILES string of the molecule is Cc1cc(C(=O)NCc2ccsc2)ccc1F. The first kappa shape index (κ1) is 11.8. The molecule has 17 heavy (non-hydrogen) atoms. The van der Waals surface area contributed by atoms with E-state index in [2.05, 4.69) is 5.32 Å². The second-order valence-electron chi connectivity index (χ2n) is 3.78. The minimum Gasteiger partial charge on any atom is -0.348 e. The number of hydrogen-bond acceptors (Lipinski definition) is 2. The second-order valence-corrected chi connectivity index (χ2v) is 4.56. The van der Waals surface area contributed by atoms with E-state index in [-0.39, 0.29) is 11.7 Å². The number of carbonyl (C=O) groups is 1. The zero-order valence-electron chi connectivity index (χ0n) is 9.37. The number of thiophene rings is 1. The van der Waals surface area contributed by atoms with Crippen molar-refractivity contribution in [1.29, 1.82) is 0 Å². The molecule has 0 atom stereocenters. The first-order chi connectivity index (χ1) is 8.16. The highest BCUT2D eigenvalue weighted by Crippen LogP contribution is 2.10. The molecule has 1 aromatic heterocycles. The topological polar surface area (TPSA) is 29.1 Å². The van der Waals surface area contributed by atoms with Gasteiger partial charge in [-0.05, 0) is 53.1 Å². The summed E-state index contributed by atoms with van der Waals surface area (Å²) in [5.41, 5.74) is 2.04. The van der Waals surface area contributed by atoms with Gasteiger partial charge in [-0.15, -0.1) is 0 Å². The number of nitrogens with one attached hydrogen (secondary N) is 1. The van der Waals surface area contributed by atoms with Crippen molar-refractivity contribution in [2.75, 3.05) is 0 Å². The van der Waals surface area contributed by atoms with Crippen molar-refractivity contribution in [3.05, 3.63) is 57.5 Å². The van der Waals surface area contributed by atoms with Gasteiger partial charge in [0, 0.05) is 12.1 Å². The van der Waals surface area contributed by atoms with Gasteiger partial charge in [-0.2, -0.15) is 11.3 Å². The molecule has 0 aliphatic heterocycles. The quantitative estimate of drug-likeness (QED) is 0.889. The van der Waals surface area contributed by atoms with E-state index in [0.29, 0.717) is 17.7 Å². The van der Waals surface area contributed by atoms with Crippen LogP contribution in [-0.4, -0.2) is 5.91 Å². The standard InChI is InChI=1S/C13H12FNOS/c1-9-6-11(2-3-12(9)14)13(16)15-7-10-4-5-17-8-10/h2-6,8H,7H2,1H3,(H,15,16). The molecule has 1 aromatic carbocycles. The van der Waals surface area contributed by atoms with Gasteiger partial charge in [0.05, 0.1) is 0 Å². The van der Waals surface area contributed by atoms with Crippen molar-refractivity contribution in [3.63, 3.8) is 0 Å². The van der Waals surface area contributed by atoms with Gasteiger partial charge in [0.25, 0.3) is 5.91 Å². The Labute approximate surface area is 103 Å². The maximum Gasteiger partial charge on any atom is 0.251 e. The molecule has 88 valence electrons. The molecule has 0 saturated carbocycles. The summed E-state index contributed by atoms with van der Waals surface area (Å²) in [6.07, 6.45) is 0. The van der Waals surface area contributed by atoms with Crippen LogP contribution in [0.15, 0.2) is 35.0 Å². The maximum absolute atomic E-state index is 13.0. The van der Waals surface area contributed by atoms with Crippen molar-refractivity contribution < 1.29 is 9.18 Å². The molecule has 0 radical (unpaired) electrons. The van der Waals surface area contributed by atoms with Gasteiger partial charge in [-0.1, -0.05) is 0 Å². The van der Waals surface area contributed by atoms with Crippen molar-refractivity contribution in [2.24, 2.45) is 0 Å². The summed E-state index contributed by atoms with van der Waals surface area (Å²) in [5.74, 6) is -0.473. The molecule has 0 fully saturated rings. The molecule has 0 spiro atoms. The van der Waals surface area contributed by atoms with E-state index >= 15 is 0 Å². The van der Waals surface area contributed by atoms with Crippen molar-refractivity contribution >= 4 is 17.2 Å². The molecule has 0 unspecified atom stereocenters. The molecule has 1 heterocycles. The van der Waals surface area contributed by atoms with Crippen LogP contribution in [0.3, 0.4) is 0 Å². The third kappa shape index (κ3) is 2.91. The molecule has 1 N–H and O–H groups in total. The summed E-state index contributed by atoms with van der Waals surface area (Å²) in [7, 11) is 0. The summed E-state index contributed by atoms with van der Waals surface area (Å²) in [6.45, 7) is 2.14. The van der Waals surface area contributed by atoms with E-state index in [1.807, 2.05) is 16.8 Å². The monoisotopic (exact) mass is 249 g/mol. The zero-order chi connectivity index (χ0) is 12.3. The van der Waals surface area contributed by atoms with Gasteiger partial charge in [0.15, 0.2) is 0 Å². The fourth-order valence-corrected chi connectivity index (χ4v) is 2.13. The lowest BCUT2D eigenvalue weighted by molar-refractivity contribution is 0.0951. The lowest BCUT2D eigenvalue weighted by Gasteiger charge is -2.05. The van der Waals surface area contributed by atoms with Crippen molar-refractivity contribution in [2.45, 2.75) is 13.5 Å². The van der Waals surface area contributed by atoms with Crippen LogP contribution in [0.2, 0.25) is 0 Å². The molecular weight excluding hydrogens is 237 g/mol. The summed E-state index contributed by atoms with van der Waals surface area (Å²) in [5, 5.41) is 6.74. The number of carbonyl (C=O) groups excluding carboxylic acids is 1. The van der Waals surface area contributed by atoms with E-state index in [0.717, 1.165) is 5.56 Å². The minimum atomic E-state index is -0.292. The molecule has 0 aliphatic rings. The van der Waals surface area contributed by atoms with Crippen LogP contribution >= 0.6 is 11.3 Å². The van der Waals surface area contributed by atoms with E-state index in [9.17, 15) is 9.18 Å². The lowest BCUT2D eigenvalue weighted by atomic mass is 10.1. The Kier molecular flexibility index (Phi) is 3.54. The smallest absolute Gasteiger partial charge is 0.251 e. The largest absolute Gasteiger partial charge is 0.348 e. The highest BCUT2D eigenvalue weighted by molar-refractivity contribution is 7.07. The van der Waals surface area contributed by atoms with Gasteiger partial charge in [0.2, 0.25) is 0 Å². The Morgan fingerprint density at radius 3 is 2.88 bits per heavy atom. The Morgan fingerprint density at radius 1 is 1.41 bits per heavy atom. The zero-order valence-corrected chi connectivity index (χ0v) is 10.2. The Morgan fingerprint density at radius 2 is 2.24 bits per heavy atom. The number of rotatable bonds is 3. The van der Waals surface area contributed by atoms with Crippen molar-refractivity contribution in [3.8, 4) is 0 Å². The molecule has 0 bridgehead atoms. The lowest BCUT2D eigenvalue weighted by Crippen LogP contribution is -2.22. The predicted octanol–water partition coefficient (Wildman–Crippen LogP) is 3.13. The average molecular weight is 249 g/mol. The van der Waals surface area contributed by atoms with Gasteiger partial charge in [0.1, 0.15) is 5.82 Å². The van der Waals surface area contributed by atoms with Crippen LogP contribution in [0.1, 0.15) is 21.5 Å². The van der Waals surface area contributed by atoms with Gasteiger partial charge < -0.3 is 5.32 Å². The molecule has 2 nitrogen and oxygen atoms in total. The maximum atomic E-state index is 13.0. The van der Waals surface area contributed by atoms with Crippen LogP contribution in [-0.2, 0) is 6.54 Å². The second kappa shape index (κ2) is 5.10. The summed E-state index contributed by atoms with van der Waals surface area (Å²) >= 11 is 1.59. The van der Waals surface area contributed by atoms with Crippen LogP contribution in [0.25, 0.3) is 0 Å². The number of benzene rings is 1. The van der Waals surface area contributed by atoms with Crippen LogP contribution in [0, 0.1) is 12.7 Å². The highest BCUT2D eigenvalue weighted by Gasteiger charge is 2.07. The summed E-state index contributed by atoms with van der Waals surface area (Å²) < 4.78 is 13.0.